The minimum absolute atomic E-state index is 0.0537. The zero-order chi connectivity index (χ0) is 22.2. The third-order valence-corrected chi connectivity index (χ3v) is 4.81. The lowest BCUT2D eigenvalue weighted by Crippen LogP contribution is -2.62. The number of anilines is 2. The van der Waals surface area contributed by atoms with E-state index in [-0.39, 0.29) is 16.9 Å². The topological polar surface area (TPSA) is 64.4 Å². The number of piperazine rings is 1. The van der Waals surface area contributed by atoms with E-state index < -0.39 is 47.9 Å². The van der Waals surface area contributed by atoms with E-state index in [9.17, 15) is 27.2 Å². The number of carbonyl (C=O) groups excluding carboxylic acids is 2. The summed E-state index contributed by atoms with van der Waals surface area (Å²) in [7, 11) is 0. The molecular weight excluding hydrogens is 402 g/mol. The highest BCUT2D eigenvalue weighted by molar-refractivity contribution is 6.14. The molecule has 0 bridgehead atoms. The van der Waals surface area contributed by atoms with Crippen molar-refractivity contribution in [3.8, 4) is 6.07 Å². The lowest BCUT2D eigenvalue weighted by Gasteiger charge is -2.42. The number of hydrogen-bond donors (Lipinski definition) is 0. The van der Waals surface area contributed by atoms with Crippen molar-refractivity contribution in [2.45, 2.75) is 26.1 Å². The average molecular weight is 419 g/mol. The van der Waals surface area contributed by atoms with Gasteiger partial charge in [-0.25, -0.2) is 4.39 Å². The van der Waals surface area contributed by atoms with Crippen LogP contribution in [0.25, 0.3) is 0 Å². The molecule has 2 aromatic rings. The first-order chi connectivity index (χ1) is 14.0. The molecule has 9 heteroatoms. The van der Waals surface area contributed by atoms with Crippen LogP contribution in [0.2, 0.25) is 0 Å². The molecule has 1 heterocycles. The number of halogens is 4. The van der Waals surface area contributed by atoms with Gasteiger partial charge in [0.2, 0.25) is 5.91 Å². The first kappa shape index (κ1) is 21.3. The van der Waals surface area contributed by atoms with Gasteiger partial charge in [-0.3, -0.25) is 19.4 Å². The molecule has 156 valence electrons. The van der Waals surface area contributed by atoms with Crippen molar-refractivity contribution >= 4 is 23.2 Å². The van der Waals surface area contributed by atoms with Gasteiger partial charge in [-0.15, -0.1) is 0 Å². The zero-order valence-corrected chi connectivity index (χ0v) is 16.1. The second-order valence-corrected chi connectivity index (χ2v) is 7.20. The normalized spacial score (nSPS) is 17.5. The fraction of sp³-hybridized carbons (Fsp3) is 0.286. The van der Waals surface area contributed by atoms with Crippen molar-refractivity contribution in [1.82, 2.24) is 0 Å². The van der Waals surface area contributed by atoms with Crippen LogP contribution in [0.1, 0.15) is 25.0 Å². The van der Waals surface area contributed by atoms with E-state index in [2.05, 4.69) is 0 Å². The van der Waals surface area contributed by atoms with Gasteiger partial charge in [0.25, 0.3) is 5.91 Å². The standard InChI is InChI=1S/C21H17F4N3O2/c1-12(2)19-20(30)27(17-7-6-13(10-26)8-16(17)22)11-18(29)28(19)15-5-3-4-14(9-15)21(23,24)25/h3-9,12,19H,11H2,1-2H3. The van der Waals surface area contributed by atoms with E-state index >= 15 is 0 Å². The summed E-state index contributed by atoms with van der Waals surface area (Å²) in [4.78, 5) is 28.1. The Kier molecular flexibility index (Phi) is 5.53. The van der Waals surface area contributed by atoms with E-state index in [0.29, 0.717) is 0 Å². The number of amides is 2. The SMILES string of the molecule is CC(C)C1C(=O)N(c2ccc(C#N)cc2F)CC(=O)N1c1cccc(C(F)(F)F)c1. The third-order valence-electron chi connectivity index (χ3n) is 4.81. The Morgan fingerprint density at radius 1 is 1.13 bits per heavy atom. The number of benzene rings is 2. The smallest absolute Gasteiger partial charge is 0.298 e. The quantitative estimate of drug-likeness (QED) is 0.703. The van der Waals surface area contributed by atoms with Gasteiger partial charge in [-0.05, 0) is 42.3 Å². The fourth-order valence-corrected chi connectivity index (χ4v) is 3.43. The maximum absolute atomic E-state index is 14.5. The van der Waals surface area contributed by atoms with Crippen molar-refractivity contribution < 1.29 is 27.2 Å². The summed E-state index contributed by atoms with van der Waals surface area (Å²) >= 11 is 0. The van der Waals surface area contributed by atoms with Crippen molar-refractivity contribution in [2.24, 2.45) is 5.92 Å². The first-order valence-electron chi connectivity index (χ1n) is 9.05. The maximum Gasteiger partial charge on any atom is 0.416 e. The summed E-state index contributed by atoms with van der Waals surface area (Å²) in [5.74, 6) is -2.56. The molecule has 0 radical (unpaired) electrons. The summed E-state index contributed by atoms with van der Waals surface area (Å²) in [5.41, 5.74) is -1.11. The van der Waals surface area contributed by atoms with Gasteiger partial charge >= 0.3 is 6.18 Å². The van der Waals surface area contributed by atoms with Crippen LogP contribution in [0.4, 0.5) is 28.9 Å². The van der Waals surface area contributed by atoms with Gasteiger partial charge in [0, 0.05) is 5.69 Å². The van der Waals surface area contributed by atoms with Crippen LogP contribution in [-0.4, -0.2) is 24.4 Å². The Labute approximate surface area is 170 Å². The van der Waals surface area contributed by atoms with Gasteiger partial charge in [0.05, 0.1) is 22.9 Å². The Morgan fingerprint density at radius 3 is 2.40 bits per heavy atom. The highest BCUT2D eigenvalue weighted by atomic mass is 19.4. The molecule has 3 rings (SSSR count). The molecule has 1 saturated heterocycles. The Bertz CT molecular complexity index is 1040. The molecule has 1 aliphatic heterocycles. The van der Waals surface area contributed by atoms with Crippen LogP contribution >= 0.6 is 0 Å². The predicted molar refractivity (Wildman–Crippen MR) is 101 cm³/mol. The molecule has 1 atom stereocenters. The molecule has 1 fully saturated rings. The zero-order valence-electron chi connectivity index (χ0n) is 16.1. The molecule has 2 aromatic carbocycles. The summed E-state index contributed by atoms with van der Waals surface area (Å²) in [5, 5.41) is 8.87. The van der Waals surface area contributed by atoms with E-state index in [1.165, 1.54) is 24.3 Å². The second kappa shape index (κ2) is 7.78. The third kappa shape index (κ3) is 3.85. The van der Waals surface area contributed by atoms with Crippen molar-refractivity contribution in [2.75, 3.05) is 16.3 Å². The monoisotopic (exact) mass is 419 g/mol. The first-order valence-corrected chi connectivity index (χ1v) is 9.05. The van der Waals surface area contributed by atoms with Gasteiger partial charge in [0.1, 0.15) is 18.4 Å². The number of alkyl halides is 3. The molecular formula is C21H17F4N3O2. The molecule has 0 saturated carbocycles. The van der Waals surface area contributed by atoms with Gasteiger partial charge < -0.3 is 0 Å². The molecule has 2 amide bonds. The highest BCUT2D eigenvalue weighted by Gasteiger charge is 2.43. The van der Waals surface area contributed by atoms with E-state index in [1.807, 2.05) is 0 Å². The fourth-order valence-electron chi connectivity index (χ4n) is 3.43. The lowest BCUT2D eigenvalue weighted by molar-refractivity contribution is -0.137. The van der Waals surface area contributed by atoms with Crippen molar-refractivity contribution in [3.63, 3.8) is 0 Å². The van der Waals surface area contributed by atoms with Crippen LogP contribution in [-0.2, 0) is 15.8 Å². The Hall–Kier alpha value is -3.41. The number of nitriles is 1. The Morgan fingerprint density at radius 2 is 1.83 bits per heavy atom. The molecule has 5 nitrogen and oxygen atoms in total. The van der Waals surface area contributed by atoms with E-state index in [1.54, 1.807) is 19.9 Å². The number of rotatable bonds is 3. The molecule has 0 spiro atoms. The second-order valence-electron chi connectivity index (χ2n) is 7.20. The molecule has 0 N–H and O–H groups in total. The van der Waals surface area contributed by atoms with Gasteiger partial charge in [-0.2, -0.15) is 18.4 Å². The minimum atomic E-state index is -4.61. The van der Waals surface area contributed by atoms with E-state index in [0.717, 1.165) is 28.0 Å². The van der Waals surface area contributed by atoms with Crippen LogP contribution in [0.5, 0.6) is 0 Å². The molecule has 30 heavy (non-hydrogen) atoms. The minimum Gasteiger partial charge on any atom is -0.298 e. The summed E-state index contributed by atoms with van der Waals surface area (Å²) in [6, 6.07) is 8.36. The summed E-state index contributed by atoms with van der Waals surface area (Å²) < 4.78 is 53.8. The van der Waals surface area contributed by atoms with Crippen LogP contribution in [0.3, 0.4) is 0 Å². The Balaban J connectivity index is 2.04. The highest BCUT2D eigenvalue weighted by Crippen LogP contribution is 2.35. The largest absolute Gasteiger partial charge is 0.416 e. The number of nitrogens with zero attached hydrogens (tertiary/aromatic N) is 3. The molecule has 0 aliphatic carbocycles. The number of hydrogen-bond acceptors (Lipinski definition) is 3. The van der Waals surface area contributed by atoms with E-state index in [4.69, 9.17) is 5.26 Å². The van der Waals surface area contributed by atoms with Crippen LogP contribution in [0, 0.1) is 23.1 Å². The summed E-state index contributed by atoms with van der Waals surface area (Å²) in [6.07, 6.45) is -4.61. The average Bonchev–Trinajstić information content (AvgIpc) is 2.68. The molecule has 0 aromatic heterocycles. The van der Waals surface area contributed by atoms with Crippen molar-refractivity contribution in [3.05, 3.63) is 59.4 Å². The molecule has 1 aliphatic rings. The predicted octanol–water partition coefficient (Wildman–Crippen LogP) is 4.12. The number of carbonyl (C=O) groups is 2. The van der Waals surface area contributed by atoms with Gasteiger partial charge in [0.15, 0.2) is 0 Å². The summed E-state index contributed by atoms with van der Waals surface area (Å²) in [6.45, 7) is 2.76. The van der Waals surface area contributed by atoms with Crippen LogP contribution in [0.15, 0.2) is 42.5 Å². The van der Waals surface area contributed by atoms with Crippen molar-refractivity contribution in [1.29, 1.82) is 5.26 Å². The maximum atomic E-state index is 14.5. The molecule has 1 unspecified atom stereocenters. The van der Waals surface area contributed by atoms with Crippen LogP contribution < -0.4 is 9.80 Å². The van der Waals surface area contributed by atoms with Gasteiger partial charge in [-0.1, -0.05) is 19.9 Å². The lowest BCUT2D eigenvalue weighted by atomic mass is 9.96.